The predicted molar refractivity (Wildman–Crippen MR) is 110 cm³/mol. The number of hydrogen-bond acceptors (Lipinski definition) is 4. The predicted octanol–water partition coefficient (Wildman–Crippen LogP) is 3.71. The molecule has 2 aromatic rings. The van der Waals surface area contributed by atoms with Crippen molar-refractivity contribution in [1.82, 2.24) is 4.31 Å². The van der Waals surface area contributed by atoms with E-state index in [0.717, 1.165) is 37.9 Å². The Morgan fingerprint density at radius 3 is 2.10 bits per heavy atom. The molecule has 1 fully saturated rings. The SMILES string of the molecule is CC(C)(C)N(C1CC(=O)N(c2ccc(Br)cc2)C1=O)S(=O)(=O)c1ccc(F)cc1. The summed E-state index contributed by atoms with van der Waals surface area (Å²) in [5.41, 5.74) is -0.623. The van der Waals surface area contributed by atoms with Gasteiger partial charge in [0.05, 0.1) is 17.0 Å². The highest BCUT2D eigenvalue weighted by molar-refractivity contribution is 9.10. The number of halogens is 2. The first-order chi connectivity index (χ1) is 13.4. The Bertz CT molecular complexity index is 1050. The van der Waals surface area contributed by atoms with E-state index in [4.69, 9.17) is 0 Å². The molecule has 0 spiro atoms. The second-order valence-electron chi connectivity index (χ2n) is 7.69. The summed E-state index contributed by atoms with van der Waals surface area (Å²) in [6.07, 6.45) is -0.271. The van der Waals surface area contributed by atoms with Gasteiger partial charge in [0.25, 0.3) is 5.91 Å². The third-order valence-corrected chi connectivity index (χ3v) is 7.24. The van der Waals surface area contributed by atoms with Crippen molar-refractivity contribution in [3.8, 4) is 0 Å². The fourth-order valence-corrected chi connectivity index (χ4v) is 5.57. The van der Waals surface area contributed by atoms with Gasteiger partial charge in [-0.2, -0.15) is 4.31 Å². The van der Waals surface area contributed by atoms with Crippen molar-refractivity contribution in [1.29, 1.82) is 0 Å². The molecule has 3 rings (SSSR count). The number of nitrogens with zero attached hydrogens (tertiary/aromatic N) is 2. The van der Waals surface area contributed by atoms with Crippen molar-refractivity contribution in [2.75, 3.05) is 4.90 Å². The number of anilines is 1. The average molecular weight is 483 g/mol. The van der Waals surface area contributed by atoms with Gasteiger partial charge in [0, 0.05) is 10.0 Å². The molecule has 0 N–H and O–H groups in total. The molecular formula is C20H20BrFN2O4S. The topological polar surface area (TPSA) is 74.8 Å². The zero-order valence-electron chi connectivity index (χ0n) is 16.1. The fraction of sp³-hybridized carbons (Fsp3) is 0.300. The van der Waals surface area contributed by atoms with Crippen LogP contribution in [-0.2, 0) is 19.6 Å². The van der Waals surface area contributed by atoms with Crippen LogP contribution in [0.5, 0.6) is 0 Å². The number of sulfonamides is 1. The minimum atomic E-state index is -4.17. The lowest BCUT2D eigenvalue weighted by atomic mass is 10.1. The normalized spacial score (nSPS) is 18.0. The van der Waals surface area contributed by atoms with E-state index in [-0.39, 0.29) is 11.3 Å². The van der Waals surface area contributed by atoms with Crippen molar-refractivity contribution in [3.05, 3.63) is 58.8 Å². The van der Waals surface area contributed by atoms with Gasteiger partial charge in [-0.1, -0.05) is 15.9 Å². The Balaban J connectivity index is 2.04. The molecule has 0 bridgehead atoms. The molecule has 6 nitrogen and oxygen atoms in total. The first-order valence-electron chi connectivity index (χ1n) is 8.85. The number of imide groups is 1. The molecule has 29 heavy (non-hydrogen) atoms. The van der Waals surface area contributed by atoms with Gasteiger partial charge >= 0.3 is 0 Å². The fourth-order valence-electron chi connectivity index (χ4n) is 3.38. The lowest BCUT2D eigenvalue weighted by Crippen LogP contribution is -2.54. The van der Waals surface area contributed by atoms with Gasteiger partial charge in [-0.15, -0.1) is 0 Å². The van der Waals surface area contributed by atoms with E-state index in [1.54, 1.807) is 45.0 Å². The van der Waals surface area contributed by atoms with Crippen molar-refractivity contribution >= 4 is 43.5 Å². The lowest BCUT2D eigenvalue weighted by molar-refractivity contribution is -0.122. The molecule has 9 heteroatoms. The molecule has 1 atom stereocenters. The zero-order chi connectivity index (χ0) is 21.6. The summed E-state index contributed by atoms with van der Waals surface area (Å²) in [6.45, 7) is 4.94. The molecule has 0 aliphatic carbocycles. The first-order valence-corrected chi connectivity index (χ1v) is 11.1. The van der Waals surface area contributed by atoms with Crippen LogP contribution in [0, 0.1) is 5.82 Å². The molecule has 2 aromatic carbocycles. The van der Waals surface area contributed by atoms with Gasteiger partial charge in [0.15, 0.2) is 0 Å². The Morgan fingerprint density at radius 2 is 1.59 bits per heavy atom. The molecular weight excluding hydrogens is 463 g/mol. The number of carbonyl (C=O) groups is 2. The highest BCUT2D eigenvalue weighted by Gasteiger charge is 2.50. The number of amides is 2. The molecule has 2 amide bonds. The van der Waals surface area contributed by atoms with Gasteiger partial charge in [-0.3, -0.25) is 9.59 Å². The van der Waals surface area contributed by atoms with Gasteiger partial charge < -0.3 is 0 Å². The quantitative estimate of drug-likeness (QED) is 0.622. The minimum absolute atomic E-state index is 0.142. The summed E-state index contributed by atoms with van der Waals surface area (Å²) in [6, 6.07) is 9.80. The third kappa shape index (κ3) is 4.12. The van der Waals surface area contributed by atoms with Crippen molar-refractivity contribution in [2.24, 2.45) is 0 Å². The van der Waals surface area contributed by atoms with Crippen LogP contribution in [0.3, 0.4) is 0 Å². The molecule has 0 radical (unpaired) electrons. The van der Waals surface area contributed by atoms with Gasteiger partial charge in [0.2, 0.25) is 15.9 Å². The van der Waals surface area contributed by atoms with E-state index in [9.17, 15) is 22.4 Å². The second-order valence-corrected chi connectivity index (χ2v) is 10.4. The van der Waals surface area contributed by atoms with Crippen molar-refractivity contribution in [3.63, 3.8) is 0 Å². The van der Waals surface area contributed by atoms with Gasteiger partial charge in [-0.25, -0.2) is 17.7 Å². The molecule has 1 unspecified atom stereocenters. The molecule has 1 aliphatic rings. The highest BCUT2D eigenvalue weighted by atomic mass is 79.9. The molecule has 0 saturated carbocycles. The molecule has 1 heterocycles. The van der Waals surface area contributed by atoms with Crippen LogP contribution in [0.25, 0.3) is 0 Å². The number of benzene rings is 2. The van der Waals surface area contributed by atoms with Gasteiger partial charge in [-0.05, 0) is 69.3 Å². The summed E-state index contributed by atoms with van der Waals surface area (Å²) < 4.78 is 41.8. The Hall–Kier alpha value is -2.10. The van der Waals surface area contributed by atoms with E-state index in [0.29, 0.717) is 5.69 Å². The Morgan fingerprint density at radius 1 is 1.03 bits per heavy atom. The molecule has 0 aromatic heterocycles. The van der Waals surface area contributed by atoms with Crippen LogP contribution >= 0.6 is 15.9 Å². The summed E-state index contributed by atoms with van der Waals surface area (Å²) >= 11 is 3.30. The van der Waals surface area contributed by atoms with E-state index >= 15 is 0 Å². The zero-order valence-corrected chi connectivity index (χ0v) is 18.5. The smallest absolute Gasteiger partial charge is 0.252 e. The standard InChI is InChI=1S/C20H20BrFN2O4S/c1-20(2,3)24(29(27,28)16-10-6-14(22)7-11-16)17-12-18(25)23(19(17)26)15-8-4-13(21)5-9-15/h4-11,17H,12H2,1-3H3. The monoisotopic (exact) mass is 482 g/mol. The van der Waals surface area contributed by atoms with Crippen LogP contribution in [0.2, 0.25) is 0 Å². The van der Waals surface area contributed by atoms with E-state index in [2.05, 4.69) is 15.9 Å². The summed E-state index contributed by atoms with van der Waals surface area (Å²) in [4.78, 5) is 26.7. The first kappa shape index (κ1) is 21.6. The van der Waals surface area contributed by atoms with E-state index in [1.165, 1.54) is 0 Å². The number of carbonyl (C=O) groups excluding carboxylic acids is 2. The Labute approximate surface area is 177 Å². The van der Waals surface area contributed by atoms with Crippen LogP contribution < -0.4 is 4.90 Å². The molecule has 1 saturated heterocycles. The lowest BCUT2D eigenvalue weighted by Gasteiger charge is -2.37. The van der Waals surface area contributed by atoms with Crippen LogP contribution in [0.15, 0.2) is 57.9 Å². The largest absolute Gasteiger partial charge is 0.274 e. The summed E-state index contributed by atoms with van der Waals surface area (Å²) in [5.74, 6) is -1.66. The maximum Gasteiger partial charge on any atom is 0.252 e. The van der Waals surface area contributed by atoms with Gasteiger partial charge in [0.1, 0.15) is 11.9 Å². The molecule has 154 valence electrons. The third-order valence-electron chi connectivity index (χ3n) is 4.52. The van der Waals surface area contributed by atoms with Crippen LogP contribution in [-0.4, -0.2) is 36.1 Å². The second kappa shape index (κ2) is 7.62. The molecule has 1 aliphatic heterocycles. The van der Waals surface area contributed by atoms with Crippen LogP contribution in [0.4, 0.5) is 10.1 Å². The summed E-state index contributed by atoms with van der Waals surface area (Å²) in [5, 5.41) is 0. The van der Waals surface area contributed by atoms with Crippen LogP contribution in [0.1, 0.15) is 27.2 Å². The number of rotatable bonds is 4. The number of hydrogen-bond donors (Lipinski definition) is 0. The Kier molecular flexibility index (Phi) is 5.68. The highest BCUT2D eigenvalue weighted by Crippen LogP contribution is 2.34. The van der Waals surface area contributed by atoms with Crippen molar-refractivity contribution in [2.45, 2.75) is 43.7 Å². The summed E-state index contributed by atoms with van der Waals surface area (Å²) in [7, 11) is -4.17. The average Bonchev–Trinajstić information content (AvgIpc) is 2.89. The van der Waals surface area contributed by atoms with E-state index in [1.807, 2.05) is 0 Å². The minimum Gasteiger partial charge on any atom is -0.274 e. The van der Waals surface area contributed by atoms with E-state index < -0.39 is 39.2 Å². The van der Waals surface area contributed by atoms with Crippen molar-refractivity contribution < 1.29 is 22.4 Å². The maximum absolute atomic E-state index is 13.3. The maximum atomic E-state index is 13.3.